The van der Waals surface area contributed by atoms with E-state index in [0.29, 0.717) is 29.9 Å². The smallest absolute Gasteiger partial charge is 0.271 e. The second-order valence-electron chi connectivity index (χ2n) is 5.74. The van der Waals surface area contributed by atoms with Gasteiger partial charge in [-0.1, -0.05) is 11.6 Å². The number of nitrogens with one attached hydrogen (secondary N) is 2. The van der Waals surface area contributed by atoms with Crippen LogP contribution in [0.25, 0.3) is 0 Å². The van der Waals surface area contributed by atoms with Gasteiger partial charge in [-0.2, -0.15) is 5.10 Å². The Labute approximate surface area is 158 Å². The molecule has 1 saturated heterocycles. The van der Waals surface area contributed by atoms with Crippen molar-refractivity contribution in [1.82, 2.24) is 20.4 Å². The fourth-order valence-corrected chi connectivity index (χ4v) is 2.80. The van der Waals surface area contributed by atoms with E-state index in [1.807, 2.05) is 10.9 Å². The fraction of sp³-hybridized carbons (Fsp3) is 0.412. The number of carbonyl (C=O) groups is 1. The number of piperidine rings is 1. The van der Waals surface area contributed by atoms with Gasteiger partial charge in [0.05, 0.1) is 12.6 Å². The molecule has 1 aliphatic heterocycles. The minimum Gasteiger partial charge on any atom is -0.492 e. The third-order valence-electron chi connectivity index (χ3n) is 3.96. The van der Waals surface area contributed by atoms with Gasteiger partial charge in [0.2, 0.25) is 0 Å². The Kier molecular flexibility index (Phi) is 7.55. The molecule has 0 aliphatic carbocycles. The van der Waals surface area contributed by atoms with E-state index in [9.17, 15) is 4.79 Å². The van der Waals surface area contributed by atoms with Crippen LogP contribution in [0, 0.1) is 0 Å². The first-order valence-corrected chi connectivity index (χ1v) is 8.52. The summed E-state index contributed by atoms with van der Waals surface area (Å²) in [5.74, 6) is 0.542. The Morgan fingerprint density at radius 2 is 2.16 bits per heavy atom. The lowest BCUT2D eigenvalue weighted by molar-refractivity contribution is 0.0940. The minimum atomic E-state index is -0.183. The molecule has 2 heterocycles. The van der Waals surface area contributed by atoms with E-state index < -0.39 is 0 Å². The van der Waals surface area contributed by atoms with Crippen molar-refractivity contribution < 1.29 is 9.53 Å². The van der Waals surface area contributed by atoms with E-state index in [1.54, 1.807) is 30.3 Å². The maximum absolute atomic E-state index is 12.1. The van der Waals surface area contributed by atoms with Gasteiger partial charge >= 0.3 is 0 Å². The molecular formula is C17H22Cl2N4O2. The molecule has 6 nitrogen and oxygen atoms in total. The van der Waals surface area contributed by atoms with Crippen LogP contribution in [-0.4, -0.2) is 41.9 Å². The number of hydrogen-bond donors (Lipinski definition) is 2. The summed E-state index contributed by atoms with van der Waals surface area (Å²) in [4.78, 5) is 12.1. The number of ether oxygens (including phenoxy) is 1. The molecule has 1 aromatic heterocycles. The van der Waals surface area contributed by atoms with Crippen molar-refractivity contribution in [3.63, 3.8) is 0 Å². The monoisotopic (exact) mass is 384 g/mol. The Balaban J connectivity index is 0.00000225. The highest BCUT2D eigenvalue weighted by molar-refractivity contribution is 6.30. The summed E-state index contributed by atoms with van der Waals surface area (Å²) in [6, 6.07) is 9.20. The maximum Gasteiger partial charge on any atom is 0.271 e. The molecular weight excluding hydrogens is 363 g/mol. The van der Waals surface area contributed by atoms with Crippen LogP contribution in [0.1, 0.15) is 29.4 Å². The summed E-state index contributed by atoms with van der Waals surface area (Å²) < 4.78 is 7.42. The van der Waals surface area contributed by atoms with Gasteiger partial charge in [0.1, 0.15) is 18.1 Å². The van der Waals surface area contributed by atoms with E-state index in [0.717, 1.165) is 31.7 Å². The normalized spacial score (nSPS) is 16.8. The molecule has 0 spiro atoms. The molecule has 1 amide bonds. The summed E-state index contributed by atoms with van der Waals surface area (Å²) in [5.41, 5.74) is 0.437. The molecule has 2 aromatic rings. The van der Waals surface area contributed by atoms with Crippen molar-refractivity contribution in [2.45, 2.75) is 18.9 Å². The van der Waals surface area contributed by atoms with Crippen molar-refractivity contribution in [3.05, 3.63) is 47.2 Å². The van der Waals surface area contributed by atoms with Gasteiger partial charge in [-0.3, -0.25) is 9.48 Å². The highest BCUT2D eigenvalue weighted by Crippen LogP contribution is 2.16. The molecule has 1 fully saturated rings. The van der Waals surface area contributed by atoms with Crippen LogP contribution in [0.15, 0.2) is 36.5 Å². The van der Waals surface area contributed by atoms with Crippen molar-refractivity contribution in [2.24, 2.45) is 0 Å². The zero-order valence-corrected chi connectivity index (χ0v) is 15.4. The Morgan fingerprint density at radius 3 is 2.88 bits per heavy atom. The van der Waals surface area contributed by atoms with Crippen LogP contribution in [0.3, 0.4) is 0 Å². The van der Waals surface area contributed by atoms with Gasteiger partial charge in [0.25, 0.3) is 5.91 Å². The SMILES string of the molecule is Cl.O=C(NCCOc1ccc(Cl)cc1)c1ccn(C2CCCNC2)n1. The number of hydrogen-bond acceptors (Lipinski definition) is 4. The third kappa shape index (κ3) is 5.63. The third-order valence-corrected chi connectivity index (χ3v) is 4.21. The number of amides is 1. The summed E-state index contributed by atoms with van der Waals surface area (Å²) >= 11 is 5.82. The molecule has 1 unspecified atom stereocenters. The van der Waals surface area contributed by atoms with Gasteiger partial charge in [0.15, 0.2) is 0 Å². The molecule has 0 saturated carbocycles. The first-order valence-electron chi connectivity index (χ1n) is 8.15. The first kappa shape index (κ1) is 19.6. The topological polar surface area (TPSA) is 68.2 Å². The Hall–Kier alpha value is -1.76. The first-order chi connectivity index (χ1) is 11.7. The molecule has 2 N–H and O–H groups in total. The number of aromatic nitrogens is 2. The lowest BCUT2D eigenvalue weighted by Crippen LogP contribution is -2.32. The summed E-state index contributed by atoms with van der Waals surface area (Å²) in [6.07, 6.45) is 4.09. The number of carbonyl (C=O) groups excluding carboxylic acids is 1. The van der Waals surface area contributed by atoms with Crippen molar-refractivity contribution in [3.8, 4) is 5.75 Å². The zero-order valence-electron chi connectivity index (χ0n) is 13.8. The number of benzene rings is 1. The molecule has 0 bridgehead atoms. The molecule has 25 heavy (non-hydrogen) atoms. The molecule has 1 atom stereocenters. The predicted octanol–water partition coefficient (Wildman–Crippen LogP) is 2.69. The molecule has 136 valence electrons. The number of nitrogens with zero attached hydrogens (tertiary/aromatic N) is 2. The van der Waals surface area contributed by atoms with Crippen molar-refractivity contribution in [2.75, 3.05) is 26.2 Å². The largest absolute Gasteiger partial charge is 0.492 e. The number of halogens is 2. The van der Waals surface area contributed by atoms with Crippen LogP contribution in [-0.2, 0) is 0 Å². The quantitative estimate of drug-likeness (QED) is 0.751. The van der Waals surface area contributed by atoms with E-state index in [4.69, 9.17) is 16.3 Å². The van der Waals surface area contributed by atoms with Crippen LogP contribution >= 0.6 is 24.0 Å². The molecule has 1 aromatic carbocycles. The van der Waals surface area contributed by atoms with Gasteiger partial charge in [-0.15, -0.1) is 12.4 Å². The van der Waals surface area contributed by atoms with E-state index in [2.05, 4.69) is 15.7 Å². The fourth-order valence-electron chi connectivity index (χ4n) is 2.68. The minimum absolute atomic E-state index is 0. The molecule has 8 heteroatoms. The second-order valence-corrected chi connectivity index (χ2v) is 6.18. The van der Waals surface area contributed by atoms with Gasteiger partial charge in [-0.05, 0) is 49.7 Å². The van der Waals surface area contributed by atoms with E-state index in [-0.39, 0.29) is 18.3 Å². The summed E-state index contributed by atoms with van der Waals surface area (Å²) in [6.45, 7) is 2.76. The molecule has 1 aliphatic rings. The van der Waals surface area contributed by atoms with Crippen molar-refractivity contribution in [1.29, 1.82) is 0 Å². The van der Waals surface area contributed by atoms with Crippen LogP contribution < -0.4 is 15.4 Å². The van der Waals surface area contributed by atoms with Crippen LogP contribution in [0.4, 0.5) is 0 Å². The summed E-state index contributed by atoms with van der Waals surface area (Å²) in [7, 11) is 0. The van der Waals surface area contributed by atoms with Crippen LogP contribution in [0.5, 0.6) is 5.75 Å². The maximum atomic E-state index is 12.1. The highest BCUT2D eigenvalue weighted by Gasteiger charge is 2.17. The average molecular weight is 385 g/mol. The standard InChI is InChI=1S/C17H21ClN4O2.ClH/c18-13-3-5-15(6-4-13)24-11-9-20-17(23)16-7-10-22(21-16)14-2-1-8-19-12-14;/h3-7,10,14,19H,1-2,8-9,11-12H2,(H,20,23);1H. The highest BCUT2D eigenvalue weighted by atomic mass is 35.5. The van der Waals surface area contributed by atoms with Crippen LogP contribution in [0.2, 0.25) is 5.02 Å². The number of rotatable bonds is 6. The lowest BCUT2D eigenvalue weighted by atomic mass is 10.1. The summed E-state index contributed by atoms with van der Waals surface area (Å²) in [5, 5.41) is 11.2. The molecule has 0 radical (unpaired) electrons. The van der Waals surface area contributed by atoms with Gasteiger partial charge < -0.3 is 15.4 Å². The molecule has 3 rings (SSSR count). The average Bonchev–Trinajstić information content (AvgIpc) is 3.11. The lowest BCUT2D eigenvalue weighted by Gasteiger charge is -2.22. The zero-order chi connectivity index (χ0) is 16.8. The van der Waals surface area contributed by atoms with Gasteiger partial charge in [-0.25, -0.2) is 0 Å². The Morgan fingerprint density at radius 1 is 1.36 bits per heavy atom. The second kappa shape index (κ2) is 9.65. The van der Waals surface area contributed by atoms with Gasteiger partial charge in [0, 0.05) is 17.8 Å². The Bertz CT molecular complexity index is 670. The predicted molar refractivity (Wildman–Crippen MR) is 99.9 cm³/mol. The van der Waals surface area contributed by atoms with E-state index in [1.165, 1.54) is 0 Å². The van der Waals surface area contributed by atoms with Crippen molar-refractivity contribution >= 4 is 29.9 Å². The van der Waals surface area contributed by atoms with E-state index >= 15 is 0 Å².